The van der Waals surface area contributed by atoms with Gasteiger partial charge in [0, 0.05) is 19.0 Å². The van der Waals surface area contributed by atoms with E-state index in [0.717, 1.165) is 17.9 Å². The van der Waals surface area contributed by atoms with E-state index < -0.39 is 0 Å². The lowest BCUT2D eigenvalue weighted by Gasteiger charge is -2.46. The molecule has 1 aliphatic carbocycles. The first-order chi connectivity index (χ1) is 7.85. The highest BCUT2D eigenvalue weighted by atomic mass is 79.9. The van der Waals surface area contributed by atoms with Crippen molar-refractivity contribution in [1.82, 2.24) is 0 Å². The fourth-order valence-corrected chi connectivity index (χ4v) is 4.36. The monoisotopic (exact) mass is 304 g/mol. The molecule has 17 heavy (non-hydrogen) atoms. The Morgan fingerprint density at radius 1 is 1.29 bits per heavy atom. The highest BCUT2D eigenvalue weighted by molar-refractivity contribution is 9.09. The van der Waals surface area contributed by atoms with Crippen LogP contribution in [0.15, 0.2) is 0 Å². The van der Waals surface area contributed by atoms with Gasteiger partial charge in [-0.3, -0.25) is 0 Å². The van der Waals surface area contributed by atoms with E-state index >= 15 is 0 Å². The molecule has 1 nitrogen and oxygen atoms in total. The summed E-state index contributed by atoms with van der Waals surface area (Å²) in [6.07, 6.45) is 5.46. The highest BCUT2D eigenvalue weighted by Crippen LogP contribution is 2.49. The van der Waals surface area contributed by atoms with Crippen LogP contribution < -0.4 is 0 Å². The predicted octanol–water partition coefficient (Wildman–Crippen LogP) is 4.89. The maximum Gasteiger partial charge on any atom is 0.0493 e. The van der Waals surface area contributed by atoms with Crippen molar-refractivity contribution in [1.29, 1.82) is 0 Å². The zero-order valence-electron chi connectivity index (χ0n) is 12.2. The smallest absolute Gasteiger partial charge is 0.0493 e. The fraction of sp³-hybridized carbons (Fsp3) is 1.00. The predicted molar refractivity (Wildman–Crippen MR) is 78.7 cm³/mol. The first kappa shape index (κ1) is 15.5. The molecular formula is C15H29BrO. The third-order valence-corrected chi connectivity index (χ3v) is 6.05. The van der Waals surface area contributed by atoms with E-state index in [4.69, 9.17) is 4.74 Å². The fourth-order valence-electron chi connectivity index (χ4n) is 3.24. The summed E-state index contributed by atoms with van der Waals surface area (Å²) in [7, 11) is 1.82. The van der Waals surface area contributed by atoms with Gasteiger partial charge in [0.15, 0.2) is 0 Å². The topological polar surface area (TPSA) is 9.23 Å². The molecule has 1 unspecified atom stereocenters. The number of hydrogen-bond acceptors (Lipinski definition) is 1. The molecule has 0 radical (unpaired) electrons. The average Bonchev–Trinajstić information content (AvgIpc) is 2.28. The molecule has 0 heterocycles. The molecule has 1 aliphatic rings. The Hall–Kier alpha value is 0.440. The molecule has 1 rings (SSSR count). The average molecular weight is 305 g/mol. The largest absolute Gasteiger partial charge is 0.384 e. The van der Waals surface area contributed by atoms with Gasteiger partial charge < -0.3 is 4.74 Å². The van der Waals surface area contributed by atoms with Gasteiger partial charge in [-0.25, -0.2) is 0 Å². The number of rotatable bonds is 4. The van der Waals surface area contributed by atoms with Crippen LogP contribution in [-0.4, -0.2) is 19.0 Å². The van der Waals surface area contributed by atoms with Crippen LogP contribution in [0.3, 0.4) is 0 Å². The molecule has 0 aromatic heterocycles. The van der Waals surface area contributed by atoms with Crippen molar-refractivity contribution in [2.45, 2.75) is 53.4 Å². The van der Waals surface area contributed by atoms with Crippen molar-refractivity contribution < 1.29 is 4.74 Å². The Bertz CT molecular complexity index is 224. The van der Waals surface area contributed by atoms with Crippen LogP contribution in [-0.2, 0) is 4.74 Å². The number of halogens is 1. The van der Waals surface area contributed by atoms with Crippen molar-refractivity contribution in [2.75, 3.05) is 19.0 Å². The summed E-state index contributed by atoms with van der Waals surface area (Å²) in [5.74, 6) is 1.55. The minimum Gasteiger partial charge on any atom is -0.384 e. The van der Waals surface area contributed by atoms with Crippen LogP contribution in [0.1, 0.15) is 53.4 Å². The number of ether oxygens (including phenoxy) is 1. The van der Waals surface area contributed by atoms with Crippen LogP contribution in [0.25, 0.3) is 0 Å². The van der Waals surface area contributed by atoms with Gasteiger partial charge in [0.2, 0.25) is 0 Å². The van der Waals surface area contributed by atoms with Gasteiger partial charge in [-0.05, 0) is 48.3 Å². The Labute approximate surface area is 116 Å². The molecule has 0 saturated heterocycles. The summed E-state index contributed by atoms with van der Waals surface area (Å²) in [6, 6.07) is 0. The molecule has 1 fully saturated rings. The second-order valence-electron chi connectivity index (χ2n) is 6.99. The van der Waals surface area contributed by atoms with Gasteiger partial charge in [0.25, 0.3) is 0 Å². The van der Waals surface area contributed by atoms with Gasteiger partial charge in [-0.15, -0.1) is 0 Å². The normalized spacial score (nSPS) is 32.5. The van der Waals surface area contributed by atoms with E-state index in [1.165, 1.54) is 25.7 Å². The molecule has 102 valence electrons. The summed E-state index contributed by atoms with van der Waals surface area (Å²) in [6.45, 7) is 10.4. The second-order valence-corrected chi connectivity index (χ2v) is 7.55. The summed E-state index contributed by atoms with van der Waals surface area (Å²) >= 11 is 3.75. The van der Waals surface area contributed by atoms with Crippen molar-refractivity contribution in [3.05, 3.63) is 0 Å². The number of alkyl halides is 1. The van der Waals surface area contributed by atoms with Crippen molar-refractivity contribution in [3.8, 4) is 0 Å². The lowest BCUT2D eigenvalue weighted by Crippen LogP contribution is -2.39. The minimum atomic E-state index is 0.470. The molecule has 0 aromatic rings. The summed E-state index contributed by atoms with van der Waals surface area (Å²) in [5, 5.41) is 1.13. The van der Waals surface area contributed by atoms with Crippen LogP contribution in [0.2, 0.25) is 0 Å². The second kappa shape index (κ2) is 6.06. The summed E-state index contributed by atoms with van der Waals surface area (Å²) in [4.78, 5) is 0. The summed E-state index contributed by atoms with van der Waals surface area (Å²) < 4.78 is 5.36. The van der Waals surface area contributed by atoms with E-state index in [9.17, 15) is 0 Å². The zero-order chi connectivity index (χ0) is 13.1. The van der Waals surface area contributed by atoms with Gasteiger partial charge in [0.1, 0.15) is 0 Å². The third-order valence-electron chi connectivity index (χ3n) is 4.93. The van der Waals surface area contributed by atoms with Crippen molar-refractivity contribution in [3.63, 3.8) is 0 Å². The Kier molecular flexibility index (Phi) is 5.52. The SMILES string of the molecule is COCC(C)C1(CBr)CCC(C(C)(C)C)CC1. The molecule has 2 heteroatoms. The standard InChI is InChI=1S/C15H29BrO/c1-12(10-17-5)15(11-16)8-6-13(7-9-15)14(2,3)4/h12-13H,6-11H2,1-5H3. The number of methoxy groups -OCH3 is 1. The lowest BCUT2D eigenvalue weighted by atomic mass is 9.61. The molecule has 0 aromatic carbocycles. The molecule has 0 amide bonds. The maximum atomic E-state index is 5.36. The van der Waals surface area contributed by atoms with E-state index in [-0.39, 0.29) is 0 Å². The molecule has 0 N–H and O–H groups in total. The van der Waals surface area contributed by atoms with E-state index in [1.54, 1.807) is 0 Å². The van der Waals surface area contributed by atoms with Crippen LogP contribution in [0.5, 0.6) is 0 Å². The van der Waals surface area contributed by atoms with Gasteiger partial charge >= 0.3 is 0 Å². The van der Waals surface area contributed by atoms with E-state index in [0.29, 0.717) is 16.7 Å². The minimum absolute atomic E-state index is 0.470. The Morgan fingerprint density at radius 2 is 1.82 bits per heavy atom. The first-order valence-electron chi connectivity index (χ1n) is 6.90. The van der Waals surface area contributed by atoms with Gasteiger partial charge in [-0.1, -0.05) is 43.6 Å². The van der Waals surface area contributed by atoms with Crippen LogP contribution in [0.4, 0.5) is 0 Å². The lowest BCUT2D eigenvalue weighted by molar-refractivity contribution is 0.0259. The molecule has 0 aliphatic heterocycles. The highest BCUT2D eigenvalue weighted by Gasteiger charge is 2.41. The number of hydrogen-bond donors (Lipinski definition) is 0. The van der Waals surface area contributed by atoms with E-state index in [2.05, 4.69) is 43.6 Å². The molecule has 1 atom stereocenters. The quantitative estimate of drug-likeness (QED) is 0.672. The van der Waals surface area contributed by atoms with Gasteiger partial charge in [-0.2, -0.15) is 0 Å². The molecule has 0 bridgehead atoms. The van der Waals surface area contributed by atoms with Crippen LogP contribution >= 0.6 is 15.9 Å². The van der Waals surface area contributed by atoms with Gasteiger partial charge in [0.05, 0.1) is 0 Å². The first-order valence-corrected chi connectivity index (χ1v) is 8.03. The van der Waals surface area contributed by atoms with Crippen molar-refractivity contribution in [2.24, 2.45) is 22.7 Å². The molecular weight excluding hydrogens is 276 g/mol. The Balaban J connectivity index is 2.63. The Morgan fingerprint density at radius 3 is 2.18 bits per heavy atom. The van der Waals surface area contributed by atoms with E-state index in [1.807, 2.05) is 7.11 Å². The molecule has 0 spiro atoms. The van der Waals surface area contributed by atoms with Crippen molar-refractivity contribution >= 4 is 15.9 Å². The maximum absolute atomic E-state index is 5.36. The van der Waals surface area contributed by atoms with Crippen LogP contribution in [0, 0.1) is 22.7 Å². The zero-order valence-corrected chi connectivity index (χ0v) is 13.8. The third kappa shape index (κ3) is 3.70. The molecule has 1 saturated carbocycles. The summed E-state index contributed by atoms with van der Waals surface area (Å²) in [5.41, 5.74) is 0.945.